The van der Waals surface area contributed by atoms with Gasteiger partial charge in [0.1, 0.15) is 6.61 Å². The van der Waals surface area contributed by atoms with E-state index in [1.54, 1.807) is 4.90 Å². The van der Waals surface area contributed by atoms with Crippen molar-refractivity contribution >= 4 is 12.0 Å². The molecular weight excluding hydrogens is 352 g/mol. The average Bonchev–Trinajstić information content (AvgIpc) is 2.73. The summed E-state index contributed by atoms with van der Waals surface area (Å²) in [6.45, 7) is 0.217. The minimum Gasteiger partial charge on any atom is -0.445 e. The highest BCUT2D eigenvalue weighted by molar-refractivity contribution is 5.80. The van der Waals surface area contributed by atoms with Crippen LogP contribution in [0, 0.1) is 11.8 Å². The first kappa shape index (κ1) is 18.5. The SMILES string of the molecule is NC(=O)C1C2CCCC(C2)N(C(=O)OCc2ccccc2)C1c1ccccc1. The van der Waals surface area contributed by atoms with Gasteiger partial charge in [-0.05, 0) is 36.3 Å². The lowest BCUT2D eigenvalue weighted by Gasteiger charge is -2.51. The molecule has 5 nitrogen and oxygen atoms in total. The van der Waals surface area contributed by atoms with E-state index in [0.717, 1.165) is 36.8 Å². The maximum absolute atomic E-state index is 13.2. The third-order valence-corrected chi connectivity index (χ3v) is 6.11. The van der Waals surface area contributed by atoms with Crippen LogP contribution in [0.25, 0.3) is 0 Å². The minimum absolute atomic E-state index is 0.0860. The van der Waals surface area contributed by atoms with Gasteiger partial charge in [-0.2, -0.15) is 0 Å². The molecule has 2 bridgehead atoms. The molecule has 0 radical (unpaired) electrons. The number of primary amides is 1. The van der Waals surface area contributed by atoms with Crippen LogP contribution in [-0.4, -0.2) is 22.9 Å². The maximum Gasteiger partial charge on any atom is 0.410 e. The number of hydrogen-bond donors (Lipinski definition) is 1. The number of piperidine rings is 1. The number of likely N-dealkylation sites (tertiary alicyclic amines) is 1. The van der Waals surface area contributed by atoms with E-state index in [1.807, 2.05) is 60.7 Å². The van der Waals surface area contributed by atoms with Crippen molar-refractivity contribution in [1.82, 2.24) is 4.90 Å². The van der Waals surface area contributed by atoms with Gasteiger partial charge in [-0.15, -0.1) is 0 Å². The number of fused-ring (bicyclic) bond motifs is 2. The number of benzene rings is 2. The Morgan fingerprint density at radius 1 is 1.00 bits per heavy atom. The van der Waals surface area contributed by atoms with Crippen LogP contribution < -0.4 is 5.73 Å². The van der Waals surface area contributed by atoms with E-state index in [0.29, 0.717) is 0 Å². The second kappa shape index (κ2) is 8.05. The molecule has 4 atom stereocenters. The predicted molar refractivity (Wildman–Crippen MR) is 106 cm³/mol. The molecule has 2 amide bonds. The van der Waals surface area contributed by atoms with Crippen molar-refractivity contribution < 1.29 is 14.3 Å². The number of amides is 2. The summed E-state index contributed by atoms with van der Waals surface area (Å²) >= 11 is 0. The number of carbonyl (C=O) groups is 2. The van der Waals surface area contributed by atoms with Crippen molar-refractivity contribution in [2.75, 3.05) is 0 Å². The molecule has 28 heavy (non-hydrogen) atoms. The molecule has 2 aliphatic rings. The molecule has 1 heterocycles. The second-order valence-corrected chi connectivity index (χ2v) is 7.81. The van der Waals surface area contributed by atoms with Gasteiger partial charge in [-0.1, -0.05) is 67.1 Å². The molecule has 4 rings (SSSR count). The van der Waals surface area contributed by atoms with Crippen molar-refractivity contribution in [3.63, 3.8) is 0 Å². The molecule has 4 unspecified atom stereocenters. The second-order valence-electron chi connectivity index (χ2n) is 7.81. The molecule has 0 aromatic heterocycles. The number of hydrogen-bond acceptors (Lipinski definition) is 3. The Balaban J connectivity index is 1.64. The number of carbonyl (C=O) groups excluding carboxylic acids is 2. The molecule has 2 N–H and O–H groups in total. The van der Waals surface area contributed by atoms with E-state index in [2.05, 4.69) is 0 Å². The number of ether oxygens (including phenoxy) is 1. The van der Waals surface area contributed by atoms with Crippen molar-refractivity contribution in [3.8, 4) is 0 Å². The van der Waals surface area contributed by atoms with Gasteiger partial charge in [-0.3, -0.25) is 9.69 Å². The Morgan fingerprint density at radius 2 is 1.68 bits per heavy atom. The molecule has 1 saturated carbocycles. The topological polar surface area (TPSA) is 72.6 Å². The Hall–Kier alpha value is -2.82. The molecule has 1 saturated heterocycles. The largest absolute Gasteiger partial charge is 0.445 e. The third-order valence-electron chi connectivity index (χ3n) is 6.11. The fraction of sp³-hybridized carbons (Fsp3) is 0.391. The zero-order valence-electron chi connectivity index (χ0n) is 15.9. The summed E-state index contributed by atoms with van der Waals surface area (Å²) in [5, 5.41) is 0. The Morgan fingerprint density at radius 3 is 2.36 bits per heavy atom. The standard InChI is InChI=1S/C23H26N2O3/c24-22(26)20-18-12-7-13-19(14-18)25(21(20)17-10-5-2-6-11-17)23(27)28-15-16-8-3-1-4-9-16/h1-6,8-11,18-21H,7,12-15H2,(H2,24,26). The van der Waals surface area contributed by atoms with Crippen LogP contribution in [0.1, 0.15) is 42.9 Å². The fourth-order valence-electron chi connectivity index (χ4n) is 4.90. The maximum atomic E-state index is 13.2. The summed E-state index contributed by atoms with van der Waals surface area (Å²) < 4.78 is 5.67. The average molecular weight is 378 g/mol. The van der Waals surface area contributed by atoms with Crippen molar-refractivity contribution in [3.05, 3.63) is 71.8 Å². The summed E-state index contributed by atoms with van der Waals surface area (Å²) in [6, 6.07) is 19.1. The first-order valence-corrected chi connectivity index (χ1v) is 9.98. The van der Waals surface area contributed by atoms with Crippen molar-refractivity contribution in [2.45, 2.75) is 44.4 Å². The first-order chi connectivity index (χ1) is 13.6. The number of rotatable bonds is 4. The summed E-state index contributed by atoms with van der Waals surface area (Å²) in [6.07, 6.45) is 3.38. The Labute approximate surface area is 165 Å². The normalized spacial score (nSPS) is 26.5. The highest BCUT2D eigenvalue weighted by Gasteiger charge is 2.50. The zero-order chi connectivity index (χ0) is 19.5. The van der Waals surface area contributed by atoms with Gasteiger partial charge in [0.15, 0.2) is 0 Å². The summed E-state index contributed by atoms with van der Waals surface area (Å²) in [5.41, 5.74) is 7.73. The lowest BCUT2D eigenvalue weighted by Crippen LogP contribution is -2.56. The van der Waals surface area contributed by atoms with Crippen LogP contribution in [0.3, 0.4) is 0 Å². The quantitative estimate of drug-likeness (QED) is 0.873. The monoisotopic (exact) mass is 378 g/mol. The highest BCUT2D eigenvalue weighted by Crippen LogP contribution is 2.48. The molecule has 1 aliphatic carbocycles. The lowest BCUT2D eigenvalue weighted by molar-refractivity contribution is -0.131. The van der Waals surface area contributed by atoms with Crippen LogP contribution in [0.2, 0.25) is 0 Å². The molecule has 2 aromatic rings. The van der Waals surface area contributed by atoms with Gasteiger partial charge in [0.05, 0.1) is 12.0 Å². The zero-order valence-corrected chi connectivity index (χ0v) is 15.9. The smallest absolute Gasteiger partial charge is 0.410 e. The molecule has 5 heteroatoms. The van der Waals surface area contributed by atoms with Gasteiger partial charge < -0.3 is 10.5 Å². The lowest BCUT2D eigenvalue weighted by atomic mass is 9.68. The molecule has 1 aliphatic heterocycles. The van der Waals surface area contributed by atoms with Crippen LogP contribution in [0.15, 0.2) is 60.7 Å². The van der Waals surface area contributed by atoms with Gasteiger partial charge in [0, 0.05) is 6.04 Å². The number of nitrogens with two attached hydrogens (primary N) is 1. The van der Waals surface area contributed by atoms with Crippen LogP contribution in [0.4, 0.5) is 4.79 Å². The van der Waals surface area contributed by atoms with E-state index in [1.165, 1.54) is 0 Å². The fourth-order valence-corrected chi connectivity index (χ4v) is 4.90. The minimum atomic E-state index is -0.386. The van der Waals surface area contributed by atoms with E-state index < -0.39 is 0 Å². The molecule has 146 valence electrons. The van der Waals surface area contributed by atoms with Crippen molar-refractivity contribution in [1.29, 1.82) is 0 Å². The summed E-state index contributed by atoms with van der Waals surface area (Å²) in [4.78, 5) is 27.4. The summed E-state index contributed by atoms with van der Waals surface area (Å²) in [7, 11) is 0. The number of nitrogens with zero attached hydrogens (tertiary/aromatic N) is 1. The van der Waals surface area contributed by atoms with Crippen LogP contribution >= 0.6 is 0 Å². The van der Waals surface area contributed by atoms with Gasteiger partial charge in [0.2, 0.25) is 5.91 Å². The van der Waals surface area contributed by atoms with E-state index in [9.17, 15) is 9.59 Å². The van der Waals surface area contributed by atoms with E-state index in [-0.39, 0.29) is 42.5 Å². The Bertz CT molecular complexity index is 824. The van der Waals surface area contributed by atoms with Crippen LogP contribution in [0.5, 0.6) is 0 Å². The highest BCUT2D eigenvalue weighted by atomic mass is 16.6. The predicted octanol–water partition coefficient (Wildman–Crippen LogP) is 4.04. The third kappa shape index (κ3) is 3.61. The molecule has 2 fully saturated rings. The molecule has 2 aromatic carbocycles. The van der Waals surface area contributed by atoms with Gasteiger partial charge >= 0.3 is 6.09 Å². The van der Waals surface area contributed by atoms with Gasteiger partial charge in [0.25, 0.3) is 0 Å². The molecule has 0 spiro atoms. The first-order valence-electron chi connectivity index (χ1n) is 9.98. The van der Waals surface area contributed by atoms with Crippen molar-refractivity contribution in [2.24, 2.45) is 17.6 Å². The summed E-state index contributed by atoms with van der Waals surface area (Å²) in [5.74, 6) is -0.497. The van der Waals surface area contributed by atoms with Crippen LogP contribution in [-0.2, 0) is 16.1 Å². The van der Waals surface area contributed by atoms with E-state index in [4.69, 9.17) is 10.5 Å². The molecular formula is C23H26N2O3. The van der Waals surface area contributed by atoms with Gasteiger partial charge in [-0.25, -0.2) is 4.79 Å². The van der Waals surface area contributed by atoms with E-state index >= 15 is 0 Å². The Kier molecular flexibility index (Phi) is 5.33.